The SMILES string of the molecule is CC(CCNCCc1ccc(F)c(F)c1)C(=O)O. The Hall–Kier alpha value is -1.49. The van der Waals surface area contributed by atoms with Gasteiger partial charge in [0, 0.05) is 0 Å². The van der Waals surface area contributed by atoms with Crippen LogP contribution in [0.1, 0.15) is 18.9 Å². The van der Waals surface area contributed by atoms with E-state index in [-0.39, 0.29) is 5.92 Å². The van der Waals surface area contributed by atoms with E-state index in [0.717, 1.165) is 6.07 Å². The van der Waals surface area contributed by atoms with Gasteiger partial charge in [0.2, 0.25) is 0 Å². The van der Waals surface area contributed by atoms with Crippen LogP contribution in [0.15, 0.2) is 18.2 Å². The van der Waals surface area contributed by atoms with Crippen molar-refractivity contribution >= 4 is 5.97 Å². The molecule has 0 saturated carbocycles. The fraction of sp³-hybridized carbons (Fsp3) is 0.462. The Morgan fingerprint density at radius 3 is 2.67 bits per heavy atom. The third kappa shape index (κ3) is 4.79. The number of nitrogens with one attached hydrogen (secondary N) is 1. The zero-order valence-electron chi connectivity index (χ0n) is 10.2. The number of aliphatic carboxylic acids is 1. The van der Waals surface area contributed by atoms with Crippen LogP contribution in [-0.2, 0) is 11.2 Å². The number of halogens is 2. The Morgan fingerprint density at radius 1 is 1.33 bits per heavy atom. The van der Waals surface area contributed by atoms with Crippen molar-refractivity contribution in [2.24, 2.45) is 5.92 Å². The number of hydrogen-bond donors (Lipinski definition) is 2. The first-order valence-electron chi connectivity index (χ1n) is 5.88. The predicted octanol–water partition coefficient (Wildman–Crippen LogP) is 2.21. The third-order valence-electron chi connectivity index (χ3n) is 2.75. The van der Waals surface area contributed by atoms with Gasteiger partial charge in [0.25, 0.3) is 0 Å². The molecule has 1 rings (SSSR count). The van der Waals surface area contributed by atoms with Crippen LogP contribution in [0.3, 0.4) is 0 Å². The molecule has 0 radical (unpaired) electrons. The fourth-order valence-electron chi connectivity index (χ4n) is 1.49. The average Bonchev–Trinajstić information content (AvgIpc) is 2.32. The maximum Gasteiger partial charge on any atom is 0.306 e. The second-order valence-corrected chi connectivity index (χ2v) is 4.28. The zero-order valence-corrected chi connectivity index (χ0v) is 10.2. The van der Waals surface area contributed by atoms with Crippen LogP contribution in [0.5, 0.6) is 0 Å². The summed E-state index contributed by atoms with van der Waals surface area (Å²) in [7, 11) is 0. The molecular weight excluding hydrogens is 240 g/mol. The summed E-state index contributed by atoms with van der Waals surface area (Å²) in [5.41, 5.74) is 0.715. The van der Waals surface area contributed by atoms with Crippen molar-refractivity contribution in [3.8, 4) is 0 Å². The first kappa shape index (κ1) is 14.6. The van der Waals surface area contributed by atoms with Gasteiger partial charge in [-0.1, -0.05) is 13.0 Å². The largest absolute Gasteiger partial charge is 0.481 e. The van der Waals surface area contributed by atoms with Crippen molar-refractivity contribution in [2.75, 3.05) is 13.1 Å². The molecule has 0 aliphatic carbocycles. The molecule has 18 heavy (non-hydrogen) atoms. The van der Waals surface area contributed by atoms with Crippen LogP contribution in [-0.4, -0.2) is 24.2 Å². The number of hydrogen-bond acceptors (Lipinski definition) is 2. The number of rotatable bonds is 7. The molecule has 3 nitrogen and oxygen atoms in total. The van der Waals surface area contributed by atoms with Gasteiger partial charge < -0.3 is 10.4 Å². The highest BCUT2D eigenvalue weighted by Crippen LogP contribution is 2.08. The van der Waals surface area contributed by atoms with E-state index in [0.29, 0.717) is 31.5 Å². The zero-order chi connectivity index (χ0) is 13.5. The predicted molar refractivity (Wildman–Crippen MR) is 64.3 cm³/mol. The lowest BCUT2D eigenvalue weighted by molar-refractivity contribution is -0.141. The molecule has 0 bridgehead atoms. The van der Waals surface area contributed by atoms with Crippen LogP contribution >= 0.6 is 0 Å². The van der Waals surface area contributed by atoms with E-state index >= 15 is 0 Å². The summed E-state index contributed by atoms with van der Waals surface area (Å²) in [4.78, 5) is 10.5. The summed E-state index contributed by atoms with van der Waals surface area (Å²) in [6.07, 6.45) is 1.13. The molecule has 0 saturated heterocycles. The molecule has 0 amide bonds. The van der Waals surface area contributed by atoms with Crippen LogP contribution in [0.25, 0.3) is 0 Å². The molecule has 0 aromatic heterocycles. The fourth-order valence-corrected chi connectivity index (χ4v) is 1.49. The Labute approximate surface area is 105 Å². The van der Waals surface area contributed by atoms with Crippen molar-refractivity contribution in [3.05, 3.63) is 35.4 Å². The molecule has 1 unspecified atom stereocenters. The summed E-state index contributed by atoms with van der Waals surface area (Å²) >= 11 is 0. The summed E-state index contributed by atoms with van der Waals surface area (Å²) in [5, 5.41) is 11.7. The van der Waals surface area contributed by atoms with E-state index in [2.05, 4.69) is 5.32 Å². The molecular formula is C13H17F2NO2. The molecule has 0 fully saturated rings. The Balaban J connectivity index is 2.22. The highest BCUT2D eigenvalue weighted by molar-refractivity contribution is 5.69. The highest BCUT2D eigenvalue weighted by atomic mass is 19.2. The first-order chi connectivity index (χ1) is 8.50. The monoisotopic (exact) mass is 257 g/mol. The molecule has 100 valence electrons. The first-order valence-corrected chi connectivity index (χ1v) is 5.88. The smallest absolute Gasteiger partial charge is 0.306 e. The minimum Gasteiger partial charge on any atom is -0.481 e. The Bertz CT molecular complexity index is 410. The summed E-state index contributed by atoms with van der Waals surface area (Å²) in [5.74, 6) is -2.87. The second-order valence-electron chi connectivity index (χ2n) is 4.28. The topological polar surface area (TPSA) is 49.3 Å². The molecule has 5 heteroatoms. The standard InChI is InChI=1S/C13H17F2NO2/c1-9(13(17)18)4-6-16-7-5-10-2-3-11(14)12(15)8-10/h2-3,8-9,16H,4-7H2,1H3,(H,17,18). The number of benzene rings is 1. The van der Waals surface area contributed by atoms with Gasteiger partial charge in [-0.25, -0.2) is 8.78 Å². The summed E-state index contributed by atoms with van der Waals surface area (Å²) in [6.45, 7) is 2.86. The number of carboxylic acids is 1. The van der Waals surface area contributed by atoms with Gasteiger partial charge in [0.1, 0.15) is 0 Å². The molecule has 0 spiro atoms. The van der Waals surface area contributed by atoms with E-state index < -0.39 is 17.6 Å². The maximum absolute atomic E-state index is 12.9. The lowest BCUT2D eigenvalue weighted by Gasteiger charge is -2.07. The minimum absolute atomic E-state index is 0.374. The van der Waals surface area contributed by atoms with Crippen molar-refractivity contribution in [3.63, 3.8) is 0 Å². The number of carbonyl (C=O) groups is 1. The molecule has 0 heterocycles. The van der Waals surface area contributed by atoms with Gasteiger partial charge in [-0.05, 0) is 43.6 Å². The van der Waals surface area contributed by atoms with E-state index in [1.165, 1.54) is 6.07 Å². The molecule has 1 aromatic carbocycles. The van der Waals surface area contributed by atoms with Gasteiger partial charge in [-0.2, -0.15) is 0 Å². The van der Waals surface area contributed by atoms with Gasteiger partial charge in [-0.15, -0.1) is 0 Å². The molecule has 0 aliphatic heterocycles. The van der Waals surface area contributed by atoms with Crippen molar-refractivity contribution in [2.45, 2.75) is 19.8 Å². The quantitative estimate of drug-likeness (QED) is 0.736. The van der Waals surface area contributed by atoms with E-state index in [4.69, 9.17) is 5.11 Å². The Morgan fingerprint density at radius 2 is 2.06 bits per heavy atom. The van der Waals surface area contributed by atoms with Gasteiger partial charge >= 0.3 is 5.97 Å². The van der Waals surface area contributed by atoms with Gasteiger partial charge in [0.05, 0.1) is 5.92 Å². The van der Waals surface area contributed by atoms with Crippen LogP contribution in [0, 0.1) is 17.6 Å². The van der Waals surface area contributed by atoms with E-state index in [1.54, 1.807) is 13.0 Å². The van der Waals surface area contributed by atoms with Crippen molar-refractivity contribution < 1.29 is 18.7 Å². The van der Waals surface area contributed by atoms with Crippen LogP contribution in [0.4, 0.5) is 8.78 Å². The molecule has 2 N–H and O–H groups in total. The van der Waals surface area contributed by atoms with Crippen molar-refractivity contribution in [1.82, 2.24) is 5.32 Å². The Kier molecular flexibility index (Phi) is 5.71. The van der Waals surface area contributed by atoms with E-state index in [9.17, 15) is 13.6 Å². The van der Waals surface area contributed by atoms with E-state index in [1.807, 2.05) is 0 Å². The maximum atomic E-state index is 12.9. The lowest BCUT2D eigenvalue weighted by atomic mass is 10.1. The average molecular weight is 257 g/mol. The number of carboxylic acid groups (broad SMARTS) is 1. The van der Waals surface area contributed by atoms with Gasteiger partial charge in [0.15, 0.2) is 11.6 Å². The van der Waals surface area contributed by atoms with Gasteiger partial charge in [-0.3, -0.25) is 4.79 Å². The normalized spacial score (nSPS) is 12.4. The molecule has 1 atom stereocenters. The highest BCUT2D eigenvalue weighted by Gasteiger charge is 2.09. The second kappa shape index (κ2) is 7.06. The summed E-state index contributed by atoms with van der Waals surface area (Å²) < 4.78 is 25.5. The lowest BCUT2D eigenvalue weighted by Crippen LogP contribution is -2.22. The minimum atomic E-state index is -0.845. The molecule has 0 aliphatic rings. The van der Waals surface area contributed by atoms with Crippen LogP contribution < -0.4 is 5.32 Å². The molecule has 1 aromatic rings. The van der Waals surface area contributed by atoms with Crippen molar-refractivity contribution in [1.29, 1.82) is 0 Å². The summed E-state index contributed by atoms with van der Waals surface area (Å²) in [6, 6.07) is 3.83. The van der Waals surface area contributed by atoms with Crippen LogP contribution in [0.2, 0.25) is 0 Å². The third-order valence-corrected chi connectivity index (χ3v) is 2.75.